The lowest BCUT2D eigenvalue weighted by Gasteiger charge is -2.29. The minimum absolute atomic E-state index is 0.188. The van der Waals surface area contributed by atoms with E-state index in [-0.39, 0.29) is 6.04 Å². The molecular formula is C13H25NO3. The maximum absolute atomic E-state index is 11.7. The Bertz CT molecular complexity index is 252. The van der Waals surface area contributed by atoms with Crippen molar-refractivity contribution in [3.63, 3.8) is 0 Å². The van der Waals surface area contributed by atoms with E-state index in [0.717, 1.165) is 12.8 Å². The number of carbonyl (C=O) groups excluding carboxylic acids is 1. The number of nitrogens with one attached hydrogen (secondary N) is 1. The fourth-order valence-corrected chi connectivity index (χ4v) is 2.39. The summed E-state index contributed by atoms with van der Waals surface area (Å²) in [6.45, 7) is 7.22. The van der Waals surface area contributed by atoms with Gasteiger partial charge in [0.25, 0.3) is 0 Å². The van der Waals surface area contributed by atoms with Crippen molar-refractivity contribution < 1.29 is 14.6 Å². The monoisotopic (exact) mass is 243 g/mol. The lowest BCUT2D eigenvalue weighted by atomic mass is 9.94. The fourth-order valence-electron chi connectivity index (χ4n) is 2.39. The summed E-state index contributed by atoms with van der Waals surface area (Å²) in [6, 6.07) is -0.188. The Labute approximate surface area is 104 Å². The van der Waals surface area contributed by atoms with Gasteiger partial charge in [0.1, 0.15) is 5.60 Å². The van der Waals surface area contributed by atoms with Crippen LogP contribution in [0.2, 0.25) is 0 Å². The Hall–Kier alpha value is -0.770. The molecule has 4 nitrogen and oxygen atoms in total. The Kier molecular flexibility index (Phi) is 4.80. The van der Waals surface area contributed by atoms with Gasteiger partial charge in [-0.2, -0.15) is 0 Å². The first-order valence-corrected chi connectivity index (χ1v) is 6.47. The van der Waals surface area contributed by atoms with Crippen LogP contribution in [0.15, 0.2) is 0 Å². The molecule has 1 saturated carbocycles. The van der Waals surface area contributed by atoms with Crippen LogP contribution in [0.1, 0.15) is 53.4 Å². The molecule has 1 aliphatic rings. The average Bonchev–Trinajstić information content (AvgIpc) is 2.63. The smallest absolute Gasteiger partial charge is 0.407 e. The molecule has 0 radical (unpaired) electrons. The van der Waals surface area contributed by atoms with E-state index in [9.17, 15) is 9.90 Å². The molecule has 0 aromatic carbocycles. The minimum atomic E-state index is -0.536. The highest BCUT2D eigenvalue weighted by atomic mass is 16.6. The van der Waals surface area contributed by atoms with E-state index in [0.29, 0.717) is 5.92 Å². The summed E-state index contributed by atoms with van der Waals surface area (Å²) in [4.78, 5) is 11.7. The Morgan fingerprint density at radius 2 is 1.88 bits per heavy atom. The predicted molar refractivity (Wildman–Crippen MR) is 66.8 cm³/mol. The minimum Gasteiger partial charge on any atom is -0.444 e. The van der Waals surface area contributed by atoms with Crippen molar-refractivity contribution in [2.45, 2.75) is 71.1 Å². The van der Waals surface area contributed by atoms with Crippen LogP contribution in [0.3, 0.4) is 0 Å². The lowest BCUT2D eigenvalue weighted by Crippen LogP contribution is -2.48. The van der Waals surface area contributed by atoms with Gasteiger partial charge in [0.05, 0.1) is 12.1 Å². The summed E-state index contributed by atoms with van der Waals surface area (Å²) >= 11 is 0. The summed E-state index contributed by atoms with van der Waals surface area (Å²) in [5, 5.41) is 12.6. The van der Waals surface area contributed by atoms with E-state index in [1.165, 1.54) is 12.8 Å². The third-order valence-electron chi connectivity index (χ3n) is 3.11. The number of ether oxygens (including phenoxy) is 1. The molecule has 1 fully saturated rings. The Morgan fingerprint density at radius 3 is 2.29 bits per heavy atom. The standard InChI is InChI=1S/C13H25NO3/c1-9(15)11(10-7-5-6-8-10)14-12(16)17-13(2,3)4/h9-11,15H,5-8H2,1-4H3,(H,14,16)/t9?,11-/m1/s1. The maximum atomic E-state index is 11.7. The van der Waals surface area contributed by atoms with Crippen LogP contribution in [0.25, 0.3) is 0 Å². The van der Waals surface area contributed by atoms with Gasteiger partial charge in [0.15, 0.2) is 0 Å². The molecule has 4 heteroatoms. The summed E-state index contributed by atoms with van der Waals surface area (Å²) < 4.78 is 5.22. The van der Waals surface area contributed by atoms with E-state index in [1.54, 1.807) is 6.92 Å². The SMILES string of the molecule is CC(O)[C@@H](NC(=O)OC(C)(C)C)C1CCCC1. The molecule has 1 unspecified atom stereocenters. The molecule has 2 atom stereocenters. The molecule has 0 aromatic rings. The molecule has 0 aromatic heterocycles. The normalized spacial score (nSPS) is 21.0. The Morgan fingerprint density at radius 1 is 1.35 bits per heavy atom. The highest BCUT2D eigenvalue weighted by Gasteiger charge is 2.31. The molecule has 2 N–H and O–H groups in total. The predicted octanol–water partition coefficient (Wildman–Crippen LogP) is 2.45. The fraction of sp³-hybridized carbons (Fsp3) is 0.923. The average molecular weight is 243 g/mol. The first-order chi connectivity index (χ1) is 7.79. The molecule has 1 aliphatic carbocycles. The largest absolute Gasteiger partial charge is 0.444 e. The molecular weight excluding hydrogens is 218 g/mol. The number of carbonyl (C=O) groups is 1. The van der Waals surface area contributed by atoms with Gasteiger partial charge in [-0.05, 0) is 46.5 Å². The number of rotatable bonds is 3. The highest BCUT2D eigenvalue weighted by molar-refractivity contribution is 5.68. The second-order valence-corrected chi connectivity index (χ2v) is 5.96. The molecule has 1 amide bonds. The van der Waals surface area contributed by atoms with E-state index in [4.69, 9.17) is 4.74 Å². The Balaban J connectivity index is 2.52. The van der Waals surface area contributed by atoms with Crippen LogP contribution in [0, 0.1) is 5.92 Å². The summed E-state index contributed by atoms with van der Waals surface area (Å²) in [6.07, 6.45) is 3.55. The van der Waals surface area contributed by atoms with Gasteiger partial charge >= 0.3 is 6.09 Å². The van der Waals surface area contributed by atoms with Crippen molar-refractivity contribution in [1.29, 1.82) is 0 Å². The van der Waals surface area contributed by atoms with Crippen LogP contribution in [0.5, 0.6) is 0 Å². The first-order valence-electron chi connectivity index (χ1n) is 6.47. The first kappa shape index (κ1) is 14.3. The van der Waals surface area contributed by atoms with Gasteiger partial charge in [-0.25, -0.2) is 4.79 Å². The molecule has 0 bridgehead atoms. The topological polar surface area (TPSA) is 58.6 Å². The van der Waals surface area contributed by atoms with Gasteiger partial charge in [0, 0.05) is 0 Å². The van der Waals surface area contributed by atoms with Gasteiger partial charge in [-0.15, -0.1) is 0 Å². The quantitative estimate of drug-likeness (QED) is 0.800. The van der Waals surface area contributed by atoms with E-state index in [2.05, 4.69) is 5.32 Å². The van der Waals surface area contributed by atoms with Crippen molar-refractivity contribution in [2.24, 2.45) is 5.92 Å². The summed E-state index contributed by atoms with van der Waals surface area (Å²) in [5.41, 5.74) is -0.497. The van der Waals surface area contributed by atoms with Crippen LogP contribution in [0.4, 0.5) is 4.79 Å². The number of aliphatic hydroxyl groups excluding tert-OH is 1. The number of aliphatic hydroxyl groups is 1. The van der Waals surface area contributed by atoms with Gasteiger partial charge in [0.2, 0.25) is 0 Å². The van der Waals surface area contributed by atoms with E-state index < -0.39 is 17.8 Å². The third-order valence-corrected chi connectivity index (χ3v) is 3.11. The highest BCUT2D eigenvalue weighted by Crippen LogP contribution is 2.29. The number of hydrogen-bond donors (Lipinski definition) is 2. The second-order valence-electron chi connectivity index (χ2n) is 5.96. The molecule has 0 aliphatic heterocycles. The maximum Gasteiger partial charge on any atom is 0.407 e. The zero-order valence-electron chi connectivity index (χ0n) is 11.3. The lowest BCUT2D eigenvalue weighted by molar-refractivity contribution is 0.0384. The van der Waals surface area contributed by atoms with Crippen molar-refractivity contribution in [3.8, 4) is 0 Å². The molecule has 17 heavy (non-hydrogen) atoms. The van der Waals surface area contributed by atoms with Crippen LogP contribution < -0.4 is 5.32 Å². The number of amides is 1. The van der Waals surface area contributed by atoms with Gasteiger partial charge < -0.3 is 15.2 Å². The second kappa shape index (κ2) is 5.71. The van der Waals surface area contributed by atoms with Crippen molar-refractivity contribution in [1.82, 2.24) is 5.32 Å². The summed E-state index contributed by atoms with van der Waals surface area (Å²) in [5.74, 6) is 0.377. The van der Waals surface area contributed by atoms with Crippen molar-refractivity contribution >= 4 is 6.09 Å². The van der Waals surface area contributed by atoms with E-state index >= 15 is 0 Å². The van der Waals surface area contributed by atoms with Crippen LogP contribution >= 0.6 is 0 Å². The van der Waals surface area contributed by atoms with Crippen molar-refractivity contribution in [2.75, 3.05) is 0 Å². The van der Waals surface area contributed by atoms with Gasteiger partial charge in [-0.1, -0.05) is 12.8 Å². The molecule has 0 spiro atoms. The van der Waals surface area contributed by atoms with Crippen LogP contribution in [-0.2, 0) is 4.74 Å². The number of hydrogen-bond acceptors (Lipinski definition) is 3. The van der Waals surface area contributed by atoms with E-state index in [1.807, 2.05) is 20.8 Å². The van der Waals surface area contributed by atoms with Crippen LogP contribution in [-0.4, -0.2) is 28.9 Å². The molecule has 0 heterocycles. The summed E-state index contributed by atoms with van der Waals surface area (Å²) in [7, 11) is 0. The third kappa shape index (κ3) is 4.94. The molecule has 1 rings (SSSR count). The number of alkyl carbamates (subject to hydrolysis) is 1. The molecule has 0 saturated heterocycles. The molecule has 100 valence electrons. The zero-order chi connectivity index (χ0) is 13.1. The zero-order valence-corrected chi connectivity index (χ0v) is 11.3. The van der Waals surface area contributed by atoms with Gasteiger partial charge in [-0.3, -0.25) is 0 Å². The van der Waals surface area contributed by atoms with Crippen molar-refractivity contribution in [3.05, 3.63) is 0 Å².